The van der Waals surface area contributed by atoms with Crippen LogP contribution in [0.4, 0.5) is 5.69 Å². The van der Waals surface area contributed by atoms with Gasteiger partial charge in [0.15, 0.2) is 0 Å². The van der Waals surface area contributed by atoms with E-state index in [1.165, 1.54) is 0 Å². The van der Waals surface area contributed by atoms with Crippen LogP contribution >= 0.6 is 15.9 Å². The van der Waals surface area contributed by atoms with Crippen molar-refractivity contribution in [2.45, 2.75) is 20.0 Å². The lowest BCUT2D eigenvalue weighted by Gasteiger charge is -2.09. The molecule has 2 N–H and O–H groups in total. The van der Waals surface area contributed by atoms with Crippen LogP contribution < -0.4 is 15.5 Å². The number of benzene rings is 3. The van der Waals surface area contributed by atoms with Gasteiger partial charge in [-0.3, -0.25) is 9.59 Å². The first-order valence-corrected chi connectivity index (χ1v) is 10.4. The minimum atomic E-state index is -0.335. The zero-order chi connectivity index (χ0) is 22.1. The van der Waals surface area contributed by atoms with Gasteiger partial charge in [0.1, 0.15) is 12.4 Å². The molecular weight excluding hydrogens is 458 g/mol. The Morgan fingerprint density at radius 1 is 0.935 bits per heavy atom. The van der Waals surface area contributed by atoms with Crippen molar-refractivity contribution in [3.63, 3.8) is 0 Å². The van der Waals surface area contributed by atoms with Gasteiger partial charge in [-0.05, 0) is 61.0 Å². The molecule has 31 heavy (non-hydrogen) atoms. The summed E-state index contributed by atoms with van der Waals surface area (Å²) >= 11 is 3.32. The highest BCUT2D eigenvalue weighted by Gasteiger charge is 2.07. The van der Waals surface area contributed by atoms with Gasteiger partial charge < -0.3 is 10.1 Å². The van der Waals surface area contributed by atoms with Crippen LogP contribution in [0.5, 0.6) is 5.75 Å². The summed E-state index contributed by atoms with van der Waals surface area (Å²) in [7, 11) is 0. The molecule has 0 fully saturated rings. The van der Waals surface area contributed by atoms with Crippen molar-refractivity contribution in [2.75, 3.05) is 5.32 Å². The molecule has 0 aromatic heterocycles. The van der Waals surface area contributed by atoms with E-state index in [4.69, 9.17) is 4.74 Å². The Kier molecular flexibility index (Phi) is 7.95. The first-order valence-electron chi connectivity index (χ1n) is 9.65. The fourth-order valence-electron chi connectivity index (χ4n) is 2.66. The third-order valence-corrected chi connectivity index (χ3v) is 4.79. The number of amides is 2. The lowest BCUT2D eigenvalue weighted by molar-refractivity contribution is -0.115. The molecule has 0 spiro atoms. The number of carbonyl (C=O) groups is 2. The van der Waals surface area contributed by atoms with Crippen molar-refractivity contribution in [2.24, 2.45) is 5.10 Å². The Balaban J connectivity index is 1.45. The van der Waals surface area contributed by atoms with Crippen LogP contribution in [0.25, 0.3) is 0 Å². The maximum Gasteiger partial charge on any atom is 0.271 e. The fraction of sp³-hybridized carbons (Fsp3) is 0.125. The van der Waals surface area contributed by atoms with Gasteiger partial charge in [0.25, 0.3) is 5.91 Å². The van der Waals surface area contributed by atoms with Crippen molar-refractivity contribution in [1.82, 2.24) is 5.43 Å². The molecule has 158 valence electrons. The number of hydrogen-bond acceptors (Lipinski definition) is 4. The molecule has 0 saturated heterocycles. The van der Waals surface area contributed by atoms with E-state index in [-0.39, 0.29) is 18.2 Å². The number of halogens is 1. The van der Waals surface area contributed by atoms with Crippen molar-refractivity contribution in [1.29, 1.82) is 0 Å². The van der Waals surface area contributed by atoms with E-state index in [9.17, 15) is 9.59 Å². The van der Waals surface area contributed by atoms with Crippen LogP contribution in [-0.4, -0.2) is 17.5 Å². The molecule has 0 atom stereocenters. The molecule has 7 heteroatoms. The Morgan fingerprint density at radius 2 is 1.61 bits per heavy atom. The lowest BCUT2D eigenvalue weighted by atomic mass is 10.2. The summed E-state index contributed by atoms with van der Waals surface area (Å²) in [6.07, 6.45) is 0.0624. The standard InChI is InChI=1S/C24H22BrN3O3/c1-17(27-28-24(30)19-7-9-20(25)10-8-19)15-23(29)26-21-11-13-22(14-12-21)31-16-18-5-3-2-4-6-18/h2-14H,15-16H2,1H3,(H,26,29)(H,28,30). The van der Waals surface area contributed by atoms with Crippen molar-refractivity contribution in [3.05, 3.63) is 94.5 Å². The molecule has 0 aliphatic rings. The summed E-state index contributed by atoms with van der Waals surface area (Å²) in [6, 6.07) is 24.0. The van der Waals surface area contributed by atoms with Crippen LogP contribution in [0.2, 0.25) is 0 Å². The van der Waals surface area contributed by atoms with Crippen LogP contribution in [0, 0.1) is 0 Å². The molecule has 0 unspecified atom stereocenters. The van der Waals surface area contributed by atoms with Gasteiger partial charge in [0, 0.05) is 21.4 Å². The molecule has 3 rings (SSSR count). The highest BCUT2D eigenvalue weighted by Crippen LogP contribution is 2.17. The van der Waals surface area contributed by atoms with E-state index in [0.29, 0.717) is 23.6 Å². The van der Waals surface area contributed by atoms with E-state index in [1.54, 1.807) is 55.5 Å². The second-order valence-electron chi connectivity index (χ2n) is 6.82. The van der Waals surface area contributed by atoms with E-state index in [1.807, 2.05) is 30.3 Å². The predicted octanol–water partition coefficient (Wildman–Crippen LogP) is 5.16. The number of rotatable bonds is 8. The number of carbonyl (C=O) groups excluding carboxylic acids is 2. The van der Waals surface area contributed by atoms with E-state index < -0.39 is 0 Å². The first-order chi connectivity index (χ1) is 15.0. The van der Waals surface area contributed by atoms with Crippen molar-refractivity contribution >= 4 is 39.1 Å². The summed E-state index contributed by atoms with van der Waals surface area (Å²) in [5.74, 6) is 0.158. The highest BCUT2D eigenvalue weighted by molar-refractivity contribution is 9.10. The first kappa shape index (κ1) is 22.2. The monoisotopic (exact) mass is 479 g/mol. The molecule has 0 aliphatic heterocycles. The number of ether oxygens (including phenoxy) is 1. The van der Waals surface area contributed by atoms with Crippen LogP contribution in [0.15, 0.2) is 88.4 Å². The summed E-state index contributed by atoms with van der Waals surface area (Å²) in [6.45, 7) is 2.16. The zero-order valence-corrected chi connectivity index (χ0v) is 18.6. The van der Waals surface area contributed by atoms with Gasteiger partial charge in [-0.1, -0.05) is 46.3 Å². The third-order valence-electron chi connectivity index (χ3n) is 4.26. The molecular formula is C24H22BrN3O3. The zero-order valence-electron chi connectivity index (χ0n) is 17.0. The summed E-state index contributed by atoms with van der Waals surface area (Å²) in [5, 5.41) is 6.80. The van der Waals surface area contributed by atoms with E-state index in [2.05, 4.69) is 31.8 Å². The Labute approximate surface area is 189 Å². The quantitative estimate of drug-likeness (QED) is 0.345. The molecule has 0 radical (unpaired) electrons. The van der Waals surface area contributed by atoms with Gasteiger partial charge in [-0.25, -0.2) is 5.43 Å². The minimum absolute atomic E-state index is 0.0624. The summed E-state index contributed by atoms with van der Waals surface area (Å²) in [5.41, 5.74) is 5.18. The van der Waals surface area contributed by atoms with Crippen LogP contribution in [-0.2, 0) is 11.4 Å². The largest absolute Gasteiger partial charge is 0.489 e. The van der Waals surface area contributed by atoms with Gasteiger partial charge in [-0.2, -0.15) is 5.10 Å². The number of hydrogen-bond donors (Lipinski definition) is 2. The van der Waals surface area contributed by atoms with Gasteiger partial charge >= 0.3 is 0 Å². The molecule has 0 bridgehead atoms. The van der Waals surface area contributed by atoms with E-state index >= 15 is 0 Å². The molecule has 6 nitrogen and oxygen atoms in total. The second kappa shape index (κ2) is 11.1. The smallest absolute Gasteiger partial charge is 0.271 e. The lowest BCUT2D eigenvalue weighted by Crippen LogP contribution is -2.21. The fourth-order valence-corrected chi connectivity index (χ4v) is 2.93. The summed E-state index contributed by atoms with van der Waals surface area (Å²) in [4.78, 5) is 24.3. The third kappa shape index (κ3) is 7.38. The van der Waals surface area contributed by atoms with Gasteiger partial charge in [-0.15, -0.1) is 0 Å². The molecule has 0 aliphatic carbocycles. The maximum atomic E-state index is 12.2. The minimum Gasteiger partial charge on any atom is -0.489 e. The van der Waals surface area contributed by atoms with Crippen LogP contribution in [0.1, 0.15) is 29.3 Å². The van der Waals surface area contributed by atoms with Crippen molar-refractivity contribution in [3.8, 4) is 5.75 Å². The molecule has 0 saturated carbocycles. The molecule has 0 heterocycles. The normalized spacial score (nSPS) is 11.0. The van der Waals surface area contributed by atoms with Gasteiger partial charge in [0.05, 0.1) is 6.42 Å². The maximum absolute atomic E-state index is 12.2. The van der Waals surface area contributed by atoms with Gasteiger partial charge in [0.2, 0.25) is 5.91 Å². The Morgan fingerprint density at radius 3 is 2.29 bits per heavy atom. The number of nitrogens with one attached hydrogen (secondary N) is 2. The number of nitrogens with zero attached hydrogens (tertiary/aromatic N) is 1. The van der Waals surface area contributed by atoms with Crippen molar-refractivity contribution < 1.29 is 14.3 Å². The van der Waals surface area contributed by atoms with Crippen LogP contribution in [0.3, 0.4) is 0 Å². The second-order valence-corrected chi connectivity index (χ2v) is 7.73. The molecule has 3 aromatic carbocycles. The average molecular weight is 480 g/mol. The Hall–Kier alpha value is -3.45. The number of hydrazone groups is 1. The topological polar surface area (TPSA) is 79.8 Å². The number of anilines is 1. The Bertz CT molecular complexity index is 1050. The predicted molar refractivity (Wildman–Crippen MR) is 125 cm³/mol. The SMILES string of the molecule is CC(CC(=O)Nc1ccc(OCc2ccccc2)cc1)=NNC(=O)c1ccc(Br)cc1. The average Bonchev–Trinajstić information content (AvgIpc) is 2.78. The molecule has 2 amide bonds. The summed E-state index contributed by atoms with van der Waals surface area (Å²) < 4.78 is 6.62. The molecule has 3 aromatic rings. The highest BCUT2D eigenvalue weighted by atomic mass is 79.9. The van der Waals surface area contributed by atoms with E-state index in [0.717, 1.165) is 15.8 Å².